The monoisotopic (exact) mass is 453 g/mol. The number of carbonyl (C=O) groups is 1. The molecule has 160 valence electrons. The lowest BCUT2D eigenvalue weighted by atomic mass is 10.2. The van der Waals surface area contributed by atoms with Crippen LogP contribution >= 0.6 is 23.6 Å². The zero-order valence-corrected chi connectivity index (χ0v) is 19.0. The largest absolute Gasteiger partial charge is 0.494 e. The Morgan fingerprint density at radius 1 is 1.23 bits per heavy atom. The van der Waals surface area contributed by atoms with Crippen LogP contribution < -0.4 is 10.1 Å². The molecule has 2 heterocycles. The lowest BCUT2D eigenvalue weighted by molar-refractivity contribution is -0.116. The molecule has 0 atom stereocenters. The lowest BCUT2D eigenvalue weighted by Gasteiger charge is -2.08. The van der Waals surface area contributed by atoms with Gasteiger partial charge < -0.3 is 10.1 Å². The summed E-state index contributed by atoms with van der Waals surface area (Å²) >= 11 is 6.85. The highest BCUT2D eigenvalue weighted by Crippen LogP contribution is 2.27. The van der Waals surface area contributed by atoms with Gasteiger partial charge in [0, 0.05) is 18.5 Å². The van der Waals surface area contributed by atoms with Crippen LogP contribution in [-0.2, 0) is 17.8 Å². The highest BCUT2D eigenvalue weighted by atomic mass is 32.1. The molecule has 4 aromatic rings. The second-order valence-electron chi connectivity index (χ2n) is 6.93. The van der Waals surface area contributed by atoms with Crippen molar-refractivity contribution in [1.29, 1.82) is 0 Å². The minimum absolute atomic E-state index is 0.115. The van der Waals surface area contributed by atoms with E-state index in [4.69, 9.17) is 17.0 Å². The van der Waals surface area contributed by atoms with E-state index in [1.165, 1.54) is 16.9 Å². The Kier molecular flexibility index (Phi) is 6.43. The van der Waals surface area contributed by atoms with Gasteiger partial charge in [-0.25, -0.2) is 4.98 Å². The number of amides is 1. The third-order valence-corrected chi connectivity index (χ3v) is 6.10. The van der Waals surface area contributed by atoms with E-state index in [1.54, 1.807) is 0 Å². The van der Waals surface area contributed by atoms with E-state index in [-0.39, 0.29) is 12.3 Å². The van der Waals surface area contributed by atoms with Gasteiger partial charge in [-0.15, -0.1) is 0 Å². The number of H-pyrrole nitrogens is 1. The standard InChI is InChI=1S/C22H23N5O2S2/c1-3-14-5-10-17-18(13-14)31-21(23-17)24-19(28)11-12-27-20(25-26-22(27)30)15-6-8-16(9-7-15)29-4-2/h5-10,13H,3-4,11-12H2,1-2H3,(H,26,30)(H,23,24,28). The maximum absolute atomic E-state index is 12.5. The molecule has 0 saturated heterocycles. The number of ether oxygens (including phenoxy) is 1. The van der Waals surface area contributed by atoms with Crippen molar-refractivity contribution >= 4 is 44.8 Å². The second kappa shape index (κ2) is 9.40. The molecule has 0 radical (unpaired) electrons. The summed E-state index contributed by atoms with van der Waals surface area (Å²) in [4.78, 5) is 17.1. The van der Waals surface area contributed by atoms with Gasteiger partial charge in [0.25, 0.3) is 0 Å². The number of nitrogens with zero attached hydrogens (tertiary/aromatic N) is 3. The van der Waals surface area contributed by atoms with Gasteiger partial charge in [0.15, 0.2) is 15.7 Å². The van der Waals surface area contributed by atoms with Gasteiger partial charge in [-0.05, 0) is 67.5 Å². The molecular formula is C22H23N5O2S2. The van der Waals surface area contributed by atoms with E-state index >= 15 is 0 Å². The van der Waals surface area contributed by atoms with Gasteiger partial charge in [-0.3, -0.25) is 14.5 Å². The van der Waals surface area contributed by atoms with E-state index in [1.807, 2.05) is 41.8 Å². The smallest absolute Gasteiger partial charge is 0.227 e. The number of rotatable bonds is 8. The van der Waals surface area contributed by atoms with Crippen LogP contribution in [0.2, 0.25) is 0 Å². The Hall–Kier alpha value is -3.04. The van der Waals surface area contributed by atoms with Crippen LogP contribution in [0.25, 0.3) is 21.6 Å². The molecule has 0 spiro atoms. The molecule has 0 aliphatic heterocycles. The van der Waals surface area contributed by atoms with Crippen LogP contribution in [0.5, 0.6) is 5.75 Å². The quantitative estimate of drug-likeness (QED) is 0.358. The summed E-state index contributed by atoms with van der Waals surface area (Å²) in [5.41, 5.74) is 3.05. The predicted molar refractivity (Wildman–Crippen MR) is 126 cm³/mol. The van der Waals surface area contributed by atoms with Crippen molar-refractivity contribution in [1.82, 2.24) is 19.7 Å². The van der Waals surface area contributed by atoms with Gasteiger partial charge in [0.1, 0.15) is 5.75 Å². The summed E-state index contributed by atoms with van der Waals surface area (Å²) in [7, 11) is 0. The lowest BCUT2D eigenvalue weighted by Crippen LogP contribution is -2.15. The molecule has 0 aliphatic carbocycles. The minimum atomic E-state index is -0.115. The van der Waals surface area contributed by atoms with Crippen molar-refractivity contribution in [2.45, 2.75) is 33.2 Å². The van der Waals surface area contributed by atoms with Crippen molar-refractivity contribution in [3.63, 3.8) is 0 Å². The summed E-state index contributed by atoms with van der Waals surface area (Å²) in [5, 5.41) is 10.7. The van der Waals surface area contributed by atoms with Crippen molar-refractivity contribution in [2.75, 3.05) is 11.9 Å². The fraction of sp³-hybridized carbons (Fsp3) is 0.273. The molecule has 4 rings (SSSR count). The SMILES string of the molecule is CCOc1ccc(-c2n[nH]c(=S)n2CCC(=O)Nc2nc3ccc(CC)cc3s2)cc1. The number of carbonyl (C=O) groups excluding carboxylic acids is 1. The third kappa shape index (κ3) is 4.83. The highest BCUT2D eigenvalue weighted by molar-refractivity contribution is 7.71. The average Bonchev–Trinajstić information content (AvgIpc) is 3.34. The molecule has 7 nitrogen and oxygen atoms in total. The zero-order valence-electron chi connectivity index (χ0n) is 17.3. The first-order valence-electron chi connectivity index (χ1n) is 10.1. The van der Waals surface area contributed by atoms with Crippen molar-refractivity contribution in [3.8, 4) is 17.1 Å². The van der Waals surface area contributed by atoms with Gasteiger partial charge in [0.05, 0.1) is 16.8 Å². The Labute approximate surface area is 189 Å². The van der Waals surface area contributed by atoms with Gasteiger partial charge in [-0.2, -0.15) is 5.10 Å². The first kappa shape index (κ1) is 21.2. The first-order chi connectivity index (χ1) is 15.1. The van der Waals surface area contributed by atoms with Crippen LogP contribution in [0.1, 0.15) is 25.8 Å². The highest BCUT2D eigenvalue weighted by Gasteiger charge is 2.13. The zero-order chi connectivity index (χ0) is 21.8. The number of thiazole rings is 1. The Morgan fingerprint density at radius 3 is 2.77 bits per heavy atom. The normalized spacial score (nSPS) is 11.0. The van der Waals surface area contributed by atoms with Crippen LogP contribution in [0.15, 0.2) is 42.5 Å². The summed E-state index contributed by atoms with van der Waals surface area (Å²) in [6.07, 6.45) is 1.23. The Morgan fingerprint density at radius 2 is 2.03 bits per heavy atom. The van der Waals surface area contributed by atoms with E-state index in [0.29, 0.717) is 28.9 Å². The number of hydrogen-bond donors (Lipinski definition) is 2. The van der Waals surface area contributed by atoms with Gasteiger partial charge >= 0.3 is 0 Å². The van der Waals surface area contributed by atoms with Crippen LogP contribution in [0.3, 0.4) is 0 Å². The number of hydrogen-bond acceptors (Lipinski definition) is 6. The summed E-state index contributed by atoms with van der Waals surface area (Å²) in [6.45, 7) is 5.09. The molecule has 0 aliphatic rings. The van der Waals surface area contributed by atoms with Gasteiger partial charge in [-0.1, -0.05) is 24.3 Å². The second-order valence-corrected chi connectivity index (χ2v) is 8.35. The number of fused-ring (bicyclic) bond motifs is 1. The maximum atomic E-state index is 12.5. The molecule has 1 amide bonds. The van der Waals surface area contributed by atoms with E-state index < -0.39 is 0 Å². The summed E-state index contributed by atoms with van der Waals surface area (Å²) in [6, 6.07) is 13.8. The molecule has 0 bridgehead atoms. The number of aromatic nitrogens is 4. The molecule has 0 fully saturated rings. The average molecular weight is 454 g/mol. The molecule has 2 aromatic carbocycles. The van der Waals surface area contributed by atoms with Gasteiger partial charge in [0.2, 0.25) is 5.91 Å². The first-order valence-corrected chi connectivity index (χ1v) is 11.4. The fourth-order valence-corrected chi connectivity index (χ4v) is 4.42. The predicted octanol–water partition coefficient (Wildman–Crippen LogP) is 5.21. The number of nitrogens with one attached hydrogen (secondary N) is 2. The molecular weight excluding hydrogens is 430 g/mol. The molecule has 31 heavy (non-hydrogen) atoms. The number of aryl methyl sites for hydroxylation is 1. The Balaban J connectivity index is 1.44. The van der Waals surface area contributed by atoms with Crippen molar-refractivity contribution in [3.05, 3.63) is 52.8 Å². The fourth-order valence-electron chi connectivity index (χ4n) is 3.25. The molecule has 9 heteroatoms. The van der Waals surface area contributed by atoms with Crippen LogP contribution in [0.4, 0.5) is 5.13 Å². The topological polar surface area (TPSA) is 84.8 Å². The van der Waals surface area contributed by atoms with Crippen molar-refractivity contribution < 1.29 is 9.53 Å². The van der Waals surface area contributed by atoms with E-state index in [9.17, 15) is 4.79 Å². The third-order valence-electron chi connectivity index (χ3n) is 4.85. The molecule has 0 saturated carbocycles. The molecule has 0 unspecified atom stereocenters. The van der Waals surface area contributed by atoms with Crippen LogP contribution in [0, 0.1) is 4.77 Å². The minimum Gasteiger partial charge on any atom is -0.494 e. The number of aromatic amines is 1. The summed E-state index contributed by atoms with van der Waals surface area (Å²) < 4.78 is 8.87. The summed E-state index contributed by atoms with van der Waals surface area (Å²) in [5.74, 6) is 1.37. The maximum Gasteiger partial charge on any atom is 0.227 e. The van der Waals surface area contributed by atoms with E-state index in [2.05, 4.69) is 39.6 Å². The molecule has 2 aromatic heterocycles. The van der Waals surface area contributed by atoms with Crippen LogP contribution in [-0.4, -0.2) is 32.3 Å². The van der Waals surface area contributed by atoms with E-state index in [0.717, 1.165) is 28.0 Å². The number of benzene rings is 2. The van der Waals surface area contributed by atoms with Crippen molar-refractivity contribution in [2.24, 2.45) is 0 Å². The molecule has 2 N–H and O–H groups in total. The Bertz CT molecular complexity index is 1260. The number of anilines is 1.